The number of aromatic nitrogens is 2. The first-order valence-electron chi connectivity index (χ1n) is 5.81. The summed E-state index contributed by atoms with van der Waals surface area (Å²) in [5.74, 6) is 0.528. The summed E-state index contributed by atoms with van der Waals surface area (Å²) in [6.45, 7) is 2.10. The van der Waals surface area contributed by atoms with Crippen molar-refractivity contribution in [3.8, 4) is 5.75 Å². The predicted octanol–water partition coefficient (Wildman–Crippen LogP) is 3.25. The highest BCUT2D eigenvalue weighted by atomic mass is 35.5. The molecule has 0 atom stereocenters. The predicted molar refractivity (Wildman–Crippen MR) is 84.6 cm³/mol. The molecule has 1 heterocycles. The molecule has 106 valence electrons. The van der Waals surface area contributed by atoms with Gasteiger partial charge in [0, 0.05) is 7.05 Å². The van der Waals surface area contributed by atoms with Crippen LogP contribution in [-0.4, -0.2) is 14.8 Å². The number of benzene rings is 1. The molecule has 0 radical (unpaired) electrons. The molecular weight excluding hydrogens is 317 g/mol. The van der Waals surface area contributed by atoms with Crippen molar-refractivity contribution in [2.45, 2.75) is 13.5 Å². The third kappa shape index (κ3) is 2.90. The Morgan fingerprint density at radius 3 is 2.70 bits per heavy atom. The zero-order chi connectivity index (χ0) is 14.9. The Bertz CT molecular complexity index is 670. The largest absolute Gasteiger partial charge is 0.486 e. The van der Waals surface area contributed by atoms with E-state index in [2.05, 4.69) is 5.10 Å². The number of halogens is 2. The molecule has 1 aromatic heterocycles. The molecule has 0 unspecified atom stereocenters. The number of nitrogens with zero attached hydrogens (tertiary/aromatic N) is 2. The molecule has 1 aromatic carbocycles. The van der Waals surface area contributed by atoms with Crippen molar-refractivity contribution in [3.05, 3.63) is 45.2 Å². The van der Waals surface area contributed by atoms with E-state index in [0.29, 0.717) is 21.4 Å². The Morgan fingerprint density at radius 2 is 2.15 bits per heavy atom. The van der Waals surface area contributed by atoms with Crippen LogP contribution in [0.15, 0.2) is 18.2 Å². The van der Waals surface area contributed by atoms with Crippen molar-refractivity contribution in [2.75, 3.05) is 0 Å². The second-order valence-corrected chi connectivity index (χ2v) is 5.46. The van der Waals surface area contributed by atoms with Crippen molar-refractivity contribution < 1.29 is 4.74 Å². The first-order valence-corrected chi connectivity index (χ1v) is 6.97. The molecule has 0 aliphatic rings. The maximum absolute atomic E-state index is 6.17. The van der Waals surface area contributed by atoms with Crippen LogP contribution in [0.2, 0.25) is 10.0 Å². The van der Waals surface area contributed by atoms with Crippen molar-refractivity contribution in [1.29, 1.82) is 0 Å². The number of ether oxygens (including phenoxy) is 1. The molecule has 2 aromatic rings. The van der Waals surface area contributed by atoms with E-state index in [4.69, 9.17) is 45.9 Å². The number of thiocarbonyl (C=S) groups is 1. The smallest absolute Gasteiger partial charge is 0.131 e. The molecule has 0 saturated carbocycles. The lowest BCUT2D eigenvalue weighted by atomic mass is 10.2. The van der Waals surface area contributed by atoms with Crippen molar-refractivity contribution in [3.63, 3.8) is 0 Å². The van der Waals surface area contributed by atoms with Crippen LogP contribution in [0.1, 0.15) is 17.0 Å². The molecule has 0 spiro atoms. The minimum absolute atomic E-state index is 0.192. The third-order valence-corrected chi connectivity index (χ3v) is 3.86. The van der Waals surface area contributed by atoms with Crippen LogP contribution in [0.3, 0.4) is 0 Å². The van der Waals surface area contributed by atoms with Gasteiger partial charge in [0.15, 0.2) is 0 Å². The van der Waals surface area contributed by atoms with E-state index in [0.717, 1.165) is 11.4 Å². The van der Waals surface area contributed by atoms with Gasteiger partial charge in [0.25, 0.3) is 0 Å². The van der Waals surface area contributed by atoms with Crippen LogP contribution < -0.4 is 10.5 Å². The Morgan fingerprint density at radius 1 is 1.45 bits per heavy atom. The topological polar surface area (TPSA) is 53.1 Å². The SMILES string of the molecule is Cc1nn(C)c(COc2cccc(Cl)c2C(N)=S)c1Cl. The standard InChI is InChI=1S/C13H13Cl2N3OS/c1-7-12(15)9(18(2)17-7)6-19-10-5-3-4-8(14)11(10)13(16)20/h3-5H,6H2,1-2H3,(H2,16,20). The van der Waals surface area contributed by atoms with Gasteiger partial charge in [-0.3, -0.25) is 4.68 Å². The summed E-state index contributed by atoms with van der Waals surface area (Å²) in [6.07, 6.45) is 0. The van der Waals surface area contributed by atoms with Crippen LogP contribution in [0.25, 0.3) is 0 Å². The highest BCUT2D eigenvalue weighted by molar-refractivity contribution is 7.80. The van der Waals surface area contributed by atoms with Gasteiger partial charge in [-0.1, -0.05) is 41.5 Å². The molecule has 4 nitrogen and oxygen atoms in total. The number of rotatable bonds is 4. The summed E-state index contributed by atoms with van der Waals surface area (Å²) in [7, 11) is 1.81. The van der Waals surface area contributed by atoms with Gasteiger partial charge in [-0.25, -0.2) is 0 Å². The summed E-state index contributed by atoms with van der Waals surface area (Å²) >= 11 is 17.2. The van der Waals surface area contributed by atoms with E-state index >= 15 is 0 Å². The summed E-state index contributed by atoms with van der Waals surface area (Å²) in [5.41, 5.74) is 7.73. The normalized spacial score (nSPS) is 10.6. The van der Waals surface area contributed by atoms with E-state index in [9.17, 15) is 0 Å². The van der Waals surface area contributed by atoms with E-state index in [1.165, 1.54) is 0 Å². The molecule has 0 aliphatic carbocycles. The minimum atomic E-state index is 0.192. The second kappa shape index (κ2) is 5.99. The molecule has 0 amide bonds. The monoisotopic (exact) mass is 329 g/mol. The molecule has 0 bridgehead atoms. The fraction of sp³-hybridized carbons (Fsp3) is 0.231. The molecule has 20 heavy (non-hydrogen) atoms. The quantitative estimate of drug-likeness (QED) is 0.875. The lowest BCUT2D eigenvalue weighted by Gasteiger charge is -2.12. The van der Waals surface area contributed by atoms with Crippen molar-refractivity contribution in [1.82, 2.24) is 9.78 Å². The lowest BCUT2D eigenvalue weighted by Crippen LogP contribution is -2.13. The molecule has 2 rings (SSSR count). The van der Waals surface area contributed by atoms with E-state index < -0.39 is 0 Å². The van der Waals surface area contributed by atoms with Gasteiger partial charge in [0.2, 0.25) is 0 Å². The third-order valence-electron chi connectivity index (χ3n) is 2.85. The summed E-state index contributed by atoms with van der Waals surface area (Å²) in [6, 6.07) is 5.25. The molecule has 7 heteroatoms. The van der Waals surface area contributed by atoms with E-state index in [-0.39, 0.29) is 11.6 Å². The highest BCUT2D eigenvalue weighted by Gasteiger charge is 2.15. The van der Waals surface area contributed by atoms with Crippen LogP contribution in [0.4, 0.5) is 0 Å². The fourth-order valence-corrected chi connectivity index (χ4v) is 2.60. The second-order valence-electron chi connectivity index (χ2n) is 4.24. The first-order chi connectivity index (χ1) is 9.41. The van der Waals surface area contributed by atoms with Gasteiger partial charge in [0.05, 0.1) is 27.0 Å². The minimum Gasteiger partial charge on any atom is -0.486 e. The van der Waals surface area contributed by atoms with Gasteiger partial charge < -0.3 is 10.5 Å². The van der Waals surface area contributed by atoms with Gasteiger partial charge in [-0.15, -0.1) is 0 Å². The van der Waals surface area contributed by atoms with Gasteiger partial charge in [-0.2, -0.15) is 5.10 Å². The zero-order valence-corrected chi connectivity index (χ0v) is 13.3. The highest BCUT2D eigenvalue weighted by Crippen LogP contribution is 2.28. The molecular formula is C13H13Cl2N3OS. The van der Waals surface area contributed by atoms with Gasteiger partial charge >= 0.3 is 0 Å². The van der Waals surface area contributed by atoms with Gasteiger partial charge in [0.1, 0.15) is 17.3 Å². The van der Waals surface area contributed by atoms with Gasteiger partial charge in [-0.05, 0) is 19.1 Å². The molecule has 2 N–H and O–H groups in total. The number of hydrogen-bond acceptors (Lipinski definition) is 3. The maximum Gasteiger partial charge on any atom is 0.131 e. The number of hydrogen-bond donors (Lipinski definition) is 1. The average Bonchev–Trinajstić information content (AvgIpc) is 2.61. The van der Waals surface area contributed by atoms with Crippen molar-refractivity contribution in [2.24, 2.45) is 12.8 Å². The van der Waals surface area contributed by atoms with Crippen LogP contribution in [-0.2, 0) is 13.7 Å². The zero-order valence-electron chi connectivity index (χ0n) is 11.0. The van der Waals surface area contributed by atoms with Crippen LogP contribution in [0, 0.1) is 6.92 Å². The Labute approximate surface area is 132 Å². The van der Waals surface area contributed by atoms with Crippen LogP contribution in [0.5, 0.6) is 5.75 Å². The van der Waals surface area contributed by atoms with E-state index in [1.807, 2.05) is 14.0 Å². The summed E-state index contributed by atoms with van der Waals surface area (Å²) in [4.78, 5) is 0.192. The number of aryl methyl sites for hydroxylation is 2. The fourth-order valence-electron chi connectivity index (χ4n) is 1.85. The summed E-state index contributed by atoms with van der Waals surface area (Å²) in [5, 5.41) is 5.28. The molecule has 0 fully saturated rings. The van der Waals surface area contributed by atoms with E-state index in [1.54, 1.807) is 22.9 Å². The van der Waals surface area contributed by atoms with Crippen molar-refractivity contribution >= 4 is 40.4 Å². The Kier molecular flexibility index (Phi) is 4.52. The lowest BCUT2D eigenvalue weighted by molar-refractivity contribution is 0.294. The number of nitrogens with two attached hydrogens (primary N) is 1. The Balaban J connectivity index is 2.28. The maximum atomic E-state index is 6.17. The average molecular weight is 330 g/mol. The molecule has 0 aliphatic heterocycles. The first kappa shape index (κ1) is 15.1. The Hall–Kier alpha value is -1.30. The van der Waals surface area contributed by atoms with Crippen LogP contribution >= 0.6 is 35.4 Å². The summed E-state index contributed by atoms with van der Waals surface area (Å²) < 4.78 is 7.43. The molecule has 0 saturated heterocycles.